The Bertz CT molecular complexity index is 554. The maximum Gasteiger partial charge on any atom is 0.269 e. The van der Waals surface area contributed by atoms with Crippen LogP contribution in [0.25, 0.3) is 0 Å². The van der Waals surface area contributed by atoms with E-state index in [0.29, 0.717) is 6.42 Å². The Morgan fingerprint density at radius 3 is 2.32 bits per heavy atom. The van der Waals surface area contributed by atoms with Gasteiger partial charge >= 0.3 is 0 Å². The van der Waals surface area contributed by atoms with E-state index in [4.69, 9.17) is 0 Å². The van der Waals surface area contributed by atoms with E-state index in [2.05, 4.69) is 0 Å². The quantitative estimate of drug-likeness (QED) is 0.482. The van der Waals surface area contributed by atoms with Gasteiger partial charge in [0.15, 0.2) is 10.9 Å². The zero-order valence-electron chi connectivity index (χ0n) is 10.6. The van der Waals surface area contributed by atoms with Crippen molar-refractivity contribution in [1.82, 2.24) is 0 Å². The number of nitrogens with zero attached hydrogens (tertiary/aromatic N) is 1. The molecule has 1 fully saturated rings. The van der Waals surface area contributed by atoms with Gasteiger partial charge in [0.1, 0.15) is 0 Å². The summed E-state index contributed by atoms with van der Waals surface area (Å²) in [6, 6.07) is 6.08. The third kappa shape index (κ3) is 2.53. The van der Waals surface area contributed by atoms with Gasteiger partial charge < -0.3 is 0 Å². The minimum Gasteiger partial charge on any atom is -0.297 e. The average Bonchev–Trinajstić information content (AvgIpc) is 2.54. The standard InChI is InChI=1S/C13H13NO4S/c1-8-11(15)13(2,19-12(8)16)7-9-3-5-10(6-4-9)14(17)18/h3-6,8H,7H2,1-2H3. The number of hydrogen-bond acceptors (Lipinski definition) is 5. The topological polar surface area (TPSA) is 77.3 Å². The Morgan fingerprint density at radius 1 is 1.32 bits per heavy atom. The Labute approximate surface area is 114 Å². The van der Waals surface area contributed by atoms with Crippen LogP contribution in [-0.4, -0.2) is 20.6 Å². The van der Waals surface area contributed by atoms with Crippen LogP contribution < -0.4 is 0 Å². The number of Topliss-reactive ketones (excluding diaryl/α,β-unsaturated/α-hetero) is 1. The molecule has 5 nitrogen and oxygen atoms in total. The van der Waals surface area contributed by atoms with E-state index in [1.807, 2.05) is 0 Å². The first kappa shape index (κ1) is 13.7. The van der Waals surface area contributed by atoms with Crippen LogP contribution in [0.5, 0.6) is 0 Å². The van der Waals surface area contributed by atoms with Crippen LogP contribution >= 0.6 is 11.8 Å². The van der Waals surface area contributed by atoms with Crippen LogP contribution in [0, 0.1) is 16.0 Å². The summed E-state index contributed by atoms with van der Waals surface area (Å²) in [6.45, 7) is 3.38. The van der Waals surface area contributed by atoms with Crippen molar-refractivity contribution in [3.05, 3.63) is 39.9 Å². The highest BCUT2D eigenvalue weighted by Gasteiger charge is 2.48. The van der Waals surface area contributed by atoms with E-state index in [1.54, 1.807) is 26.0 Å². The Hall–Kier alpha value is -1.69. The van der Waals surface area contributed by atoms with Gasteiger partial charge in [0.2, 0.25) is 0 Å². The third-order valence-electron chi connectivity index (χ3n) is 3.28. The number of nitro groups is 1. The number of carbonyl (C=O) groups is 2. The molecule has 2 atom stereocenters. The second kappa shape index (κ2) is 4.77. The van der Waals surface area contributed by atoms with Crippen molar-refractivity contribution in [3.8, 4) is 0 Å². The number of thioether (sulfide) groups is 1. The van der Waals surface area contributed by atoms with Crippen LogP contribution in [0.3, 0.4) is 0 Å². The highest BCUT2D eigenvalue weighted by molar-refractivity contribution is 8.16. The summed E-state index contributed by atoms with van der Waals surface area (Å²) in [5, 5.41) is 10.5. The first-order valence-corrected chi connectivity index (χ1v) is 6.65. The van der Waals surface area contributed by atoms with E-state index in [-0.39, 0.29) is 16.6 Å². The van der Waals surface area contributed by atoms with Gasteiger partial charge in [-0.25, -0.2) is 0 Å². The lowest BCUT2D eigenvalue weighted by Gasteiger charge is -2.20. The number of non-ortho nitro benzene ring substituents is 1. The molecule has 1 heterocycles. The number of carbonyl (C=O) groups excluding carboxylic acids is 2. The normalized spacial score (nSPS) is 26.7. The number of benzene rings is 1. The molecule has 1 aromatic carbocycles. The van der Waals surface area contributed by atoms with Crippen LogP contribution in [-0.2, 0) is 16.0 Å². The largest absolute Gasteiger partial charge is 0.297 e. The van der Waals surface area contributed by atoms with Gasteiger partial charge in [0.05, 0.1) is 15.6 Å². The van der Waals surface area contributed by atoms with Gasteiger partial charge in [0.25, 0.3) is 5.69 Å². The average molecular weight is 279 g/mol. The summed E-state index contributed by atoms with van der Waals surface area (Å²) < 4.78 is -0.757. The molecule has 0 amide bonds. The van der Waals surface area contributed by atoms with Crippen LogP contribution in [0.1, 0.15) is 19.4 Å². The predicted octanol–water partition coefficient (Wildman–Crippen LogP) is 2.37. The van der Waals surface area contributed by atoms with Crippen LogP contribution in [0.15, 0.2) is 24.3 Å². The smallest absolute Gasteiger partial charge is 0.269 e. The van der Waals surface area contributed by atoms with Crippen molar-refractivity contribution >= 4 is 28.3 Å². The molecule has 100 valence electrons. The van der Waals surface area contributed by atoms with Crippen molar-refractivity contribution in [3.63, 3.8) is 0 Å². The summed E-state index contributed by atoms with van der Waals surface area (Å²) in [7, 11) is 0. The Balaban J connectivity index is 2.19. The van der Waals surface area contributed by atoms with E-state index in [9.17, 15) is 19.7 Å². The van der Waals surface area contributed by atoms with E-state index in [1.165, 1.54) is 12.1 Å². The summed E-state index contributed by atoms with van der Waals surface area (Å²) in [4.78, 5) is 33.7. The number of ketones is 1. The number of rotatable bonds is 3. The molecule has 1 aromatic rings. The molecule has 2 unspecified atom stereocenters. The minimum absolute atomic E-state index is 0.0174. The van der Waals surface area contributed by atoms with Gasteiger partial charge in [-0.2, -0.15) is 0 Å². The molecule has 19 heavy (non-hydrogen) atoms. The highest BCUT2D eigenvalue weighted by atomic mass is 32.2. The molecular weight excluding hydrogens is 266 g/mol. The fraction of sp³-hybridized carbons (Fsp3) is 0.385. The van der Waals surface area contributed by atoms with Crippen molar-refractivity contribution in [2.45, 2.75) is 25.0 Å². The SMILES string of the molecule is CC1C(=O)SC(C)(Cc2ccc([N+](=O)[O-])cc2)C1=O. The molecule has 0 saturated carbocycles. The maximum absolute atomic E-state index is 12.1. The Kier molecular flexibility index (Phi) is 3.45. The lowest BCUT2D eigenvalue weighted by atomic mass is 9.90. The molecule has 1 saturated heterocycles. The van der Waals surface area contributed by atoms with Gasteiger partial charge in [0, 0.05) is 12.1 Å². The second-order valence-electron chi connectivity index (χ2n) is 4.84. The maximum atomic E-state index is 12.1. The van der Waals surface area contributed by atoms with Gasteiger partial charge in [-0.05, 0) is 25.8 Å². The van der Waals surface area contributed by atoms with Crippen molar-refractivity contribution in [2.24, 2.45) is 5.92 Å². The second-order valence-corrected chi connectivity index (χ2v) is 6.35. The first-order valence-electron chi connectivity index (χ1n) is 5.84. The molecule has 1 aliphatic heterocycles. The molecule has 0 radical (unpaired) electrons. The lowest BCUT2D eigenvalue weighted by molar-refractivity contribution is -0.384. The number of hydrogen-bond donors (Lipinski definition) is 0. The van der Waals surface area contributed by atoms with E-state index < -0.39 is 15.6 Å². The van der Waals surface area contributed by atoms with Crippen LogP contribution in [0.2, 0.25) is 0 Å². The number of nitro benzene ring substituents is 1. The summed E-state index contributed by atoms with van der Waals surface area (Å²) in [5.74, 6) is -0.631. The molecule has 0 spiro atoms. The zero-order chi connectivity index (χ0) is 14.2. The molecule has 6 heteroatoms. The molecular formula is C13H13NO4S. The van der Waals surface area contributed by atoms with Gasteiger partial charge in [-0.3, -0.25) is 19.7 Å². The monoisotopic (exact) mass is 279 g/mol. The third-order valence-corrected chi connectivity index (χ3v) is 4.63. The summed E-state index contributed by atoms with van der Waals surface area (Å²) in [6.07, 6.45) is 0.407. The van der Waals surface area contributed by atoms with Crippen molar-refractivity contribution in [2.75, 3.05) is 0 Å². The van der Waals surface area contributed by atoms with Crippen molar-refractivity contribution < 1.29 is 14.5 Å². The highest BCUT2D eigenvalue weighted by Crippen LogP contribution is 2.41. The first-order chi connectivity index (χ1) is 8.83. The minimum atomic E-state index is -0.757. The van der Waals surface area contributed by atoms with Gasteiger partial charge in [-0.1, -0.05) is 23.9 Å². The molecule has 0 N–H and O–H groups in total. The van der Waals surface area contributed by atoms with E-state index >= 15 is 0 Å². The Morgan fingerprint density at radius 2 is 1.89 bits per heavy atom. The zero-order valence-corrected chi connectivity index (χ0v) is 11.4. The molecule has 1 aliphatic rings. The van der Waals surface area contributed by atoms with Crippen LogP contribution in [0.4, 0.5) is 5.69 Å². The van der Waals surface area contributed by atoms with Crippen molar-refractivity contribution in [1.29, 1.82) is 0 Å². The van der Waals surface area contributed by atoms with E-state index in [0.717, 1.165) is 17.3 Å². The predicted molar refractivity (Wildman–Crippen MR) is 72.0 cm³/mol. The fourth-order valence-electron chi connectivity index (χ4n) is 2.17. The molecule has 0 aromatic heterocycles. The lowest BCUT2D eigenvalue weighted by Crippen LogP contribution is -2.32. The summed E-state index contributed by atoms with van der Waals surface area (Å²) >= 11 is 1.07. The van der Waals surface area contributed by atoms with Gasteiger partial charge in [-0.15, -0.1) is 0 Å². The molecule has 2 rings (SSSR count). The molecule has 0 bridgehead atoms. The molecule has 0 aliphatic carbocycles. The fourth-order valence-corrected chi connectivity index (χ4v) is 3.42. The summed E-state index contributed by atoms with van der Waals surface area (Å²) in [5.41, 5.74) is 0.833.